The molecule has 1 aliphatic carbocycles. The van der Waals surface area contributed by atoms with E-state index < -0.39 is 0 Å². The number of nitrogens with zero attached hydrogens (tertiary/aromatic N) is 2. The molecule has 0 aromatic heterocycles. The fourth-order valence-corrected chi connectivity index (χ4v) is 2.85. The van der Waals surface area contributed by atoms with E-state index in [9.17, 15) is 4.79 Å². The molecule has 1 amide bonds. The fourth-order valence-electron chi connectivity index (χ4n) is 2.85. The van der Waals surface area contributed by atoms with E-state index in [0.717, 1.165) is 43.0 Å². The quantitative estimate of drug-likeness (QED) is 0.661. The molecule has 2 N–H and O–H groups in total. The average molecular weight is 314 g/mol. The summed E-state index contributed by atoms with van der Waals surface area (Å²) >= 11 is 0. The molecule has 2 aliphatic rings. The van der Waals surface area contributed by atoms with Gasteiger partial charge in [-0.1, -0.05) is 12.1 Å². The highest BCUT2D eigenvalue weighted by Gasteiger charge is 2.22. The number of likely N-dealkylation sites (tertiary alicyclic amines) is 1. The van der Waals surface area contributed by atoms with Gasteiger partial charge in [0.2, 0.25) is 0 Å². The van der Waals surface area contributed by atoms with Crippen LogP contribution in [0.3, 0.4) is 0 Å². The first-order valence-electron chi connectivity index (χ1n) is 8.61. The van der Waals surface area contributed by atoms with Crippen molar-refractivity contribution in [3.8, 4) is 0 Å². The minimum atomic E-state index is 0.162. The number of aliphatic imine (C=N–C) groups is 1. The van der Waals surface area contributed by atoms with Crippen LogP contribution in [0.1, 0.15) is 48.0 Å². The Bertz CT molecular complexity index is 557. The Labute approximate surface area is 138 Å². The third-order valence-electron chi connectivity index (χ3n) is 4.45. The maximum absolute atomic E-state index is 12.4. The molecule has 124 valence electrons. The molecule has 1 aromatic rings. The molecule has 0 radical (unpaired) electrons. The van der Waals surface area contributed by atoms with Gasteiger partial charge in [-0.2, -0.15) is 0 Å². The Morgan fingerprint density at radius 3 is 2.48 bits per heavy atom. The molecule has 0 spiro atoms. The second kappa shape index (κ2) is 7.49. The first kappa shape index (κ1) is 15.8. The van der Waals surface area contributed by atoms with Crippen molar-refractivity contribution in [2.75, 3.05) is 20.1 Å². The van der Waals surface area contributed by atoms with Crippen molar-refractivity contribution in [1.29, 1.82) is 0 Å². The second-order valence-electron chi connectivity index (χ2n) is 6.39. The summed E-state index contributed by atoms with van der Waals surface area (Å²) in [6, 6.07) is 8.50. The third kappa shape index (κ3) is 4.47. The predicted octanol–water partition coefficient (Wildman–Crippen LogP) is 2.14. The van der Waals surface area contributed by atoms with Crippen LogP contribution in [-0.2, 0) is 6.54 Å². The van der Waals surface area contributed by atoms with E-state index in [2.05, 4.69) is 15.6 Å². The number of rotatable bonds is 4. The third-order valence-corrected chi connectivity index (χ3v) is 4.45. The van der Waals surface area contributed by atoms with Crippen molar-refractivity contribution in [3.63, 3.8) is 0 Å². The maximum Gasteiger partial charge on any atom is 0.253 e. The molecular formula is C18H26N4O. The molecular weight excluding hydrogens is 288 g/mol. The Balaban J connectivity index is 1.52. The molecule has 1 aliphatic heterocycles. The monoisotopic (exact) mass is 314 g/mol. The first-order chi connectivity index (χ1) is 11.3. The molecule has 1 heterocycles. The molecule has 1 aromatic carbocycles. The van der Waals surface area contributed by atoms with Crippen LogP contribution in [0.4, 0.5) is 0 Å². The van der Waals surface area contributed by atoms with Gasteiger partial charge in [0.15, 0.2) is 5.96 Å². The van der Waals surface area contributed by atoms with Gasteiger partial charge in [0.05, 0.1) is 0 Å². The van der Waals surface area contributed by atoms with Gasteiger partial charge in [-0.25, -0.2) is 0 Å². The Kier molecular flexibility index (Phi) is 5.16. The number of hydrogen-bond donors (Lipinski definition) is 2. The van der Waals surface area contributed by atoms with Gasteiger partial charge in [0.25, 0.3) is 5.91 Å². The largest absolute Gasteiger partial charge is 0.354 e. The van der Waals surface area contributed by atoms with Crippen LogP contribution in [0.5, 0.6) is 0 Å². The average Bonchev–Trinajstić information content (AvgIpc) is 3.43. The van der Waals surface area contributed by atoms with Gasteiger partial charge in [0.1, 0.15) is 0 Å². The summed E-state index contributed by atoms with van der Waals surface area (Å²) in [5.41, 5.74) is 1.94. The molecule has 1 saturated heterocycles. The van der Waals surface area contributed by atoms with Gasteiger partial charge in [-0.3, -0.25) is 9.79 Å². The number of carbonyl (C=O) groups is 1. The van der Waals surface area contributed by atoms with Crippen molar-refractivity contribution < 1.29 is 4.79 Å². The van der Waals surface area contributed by atoms with Crippen LogP contribution in [-0.4, -0.2) is 42.9 Å². The Morgan fingerprint density at radius 1 is 1.17 bits per heavy atom. The summed E-state index contributed by atoms with van der Waals surface area (Å²) in [5.74, 6) is 1.01. The lowest BCUT2D eigenvalue weighted by Gasteiger charge is -2.26. The normalized spacial score (nSPS) is 18.7. The highest BCUT2D eigenvalue weighted by atomic mass is 16.2. The van der Waals surface area contributed by atoms with E-state index >= 15 is 0 Å². The van der Waals surface area contributed by atoms with E-state index in [0.29, 0.717) is 12.6 Å². The van der Waals surface area contributed by atoms with Gasteiger partial charge >= 0.3 is 0 Å². The molecule has 0 atom stereocenters. The number of nitrogens with one attached hydrogen (secondary N) is 2. The van der Waals surface area contributed by atoms with Gasteiger partial charge < -0.3 is 15.5 Å². The molecule has 5 heteroatoms. The lowest BCUT2D eigenvalue weighted by Crippen LogP contribution is -2.38. The van der Waals surface area contributed by atoms with Gasteiger partial charge in [0, 0.05) is 38.3 Å². The summed E-state index contributed by atoms with van der Waals surface area (Å²) in [5, 5.41) is 6.67. The molecule has 5 nitrogen and oxygen atoms in total. The van der Waals surface area contributed by atoms with Crippen LogP contribution in [0.2, 0.25) is 0 Å². The second-order valence-corrected chi connectivity index (χ2v) is 6.39. The predicted molar refractivity (Wildman–Crippen MR) is 92.6 cm³/mol. The number of benzene rings is 1. The maximum atomic E-state index is 12.4. The standard InChI is InChI=1S/C18H26N4O/c1-19-18(21-16-9-10-16)20-13-14-5-7-15(8-6-14)17(23)22-11-3-2-4-12-22/h5-8,16H,2-4,9-13H2,1H3,(H2,19,20,21). The van der Waals surface area contributed by atoms with E-state index in [4.69, 9.17) is 0 Å². The van der Waals surface area contributed by atoms with Crippen LogP contribution >= 0.6 is 0 Å². The molecule has 3 rings (SSSR count). The topological polar surface area (TPSA) is 56.7 Å². The van der Waals surface area contributed by atoms with Crippen molar-refractivity contribution in [1.82, 2.24) is 15.5 Å². The number of amides is 1. The summed E-state index contributed by atoms with van der Waals surface area (Å²) < 4.78 is 0. The highest BCUT2D eigenvalue weighted by Crippen LogP contribution is 2.18. The summed E-state index contributed by atoms with van der Waals surface area (Å²) in [6.45, 7) is 2.50. The SMILES string of the molecule is CN=C(NCc1ccc(C(=O)N2CCCCC2)cc1)NC1CC1. The summed E-state index contributed by atoms with van der Waals surface area (Å²) in [4.78, 5) is 18.6. The van der Waals surface area contributed by atoms with E-state index in [1.807, 2.05) is 29.2 Å². The fraction of sp³-hybridized carbons (Fsp3) is 0.556. The summed E-state index contributed by atoms with van der Waals surface area (Å²) in [7, 11) is 1.79. The zero-order valence-electron chi connectivity index (χ0n) is 13.8. The van der Waals surface area contributed by atoms with Crippen molar-refractivity contribution in [3.05, 3.63) is 35.4 Å². The minimum absolute atomic E-state index is 0.162. The van der Waals surface area contributed by atoms with Gasteiger partial charge in [-0.05, 0) is 49.8 Å². The zero-order chi connectivity index (χ0) is 16.1. The summed E-state index contributed by atoms with van der Waals surface area (Å²) in [6.07, 6.45) is 5.95. The Hall–Kier alpha value is -2.04. The number of carbonyl (C=O) groups excluding carboxylic acids is 1. The van der Waals surface area contributed by atoms with E-state index in [-0.39, 0.29) is 5.91 Å². The Morgan fingerprint density at radius 2 is 1.87 bits per heavy atom. The van der Waals surface area contributed by atoms with Crippen LogP contribution < -0.4 is 10.6 Å². The van der Waals surface area contributed by atoms with Crippen molar-refractivity contribution >= 4 is 11.9 Å². The lowest BCUT2D eigenvalue weighted by atomic mass is 10.1. The molecule has 2 fully saturated rings. The van der Waals surface area contributed by atoms with E-state index in [1.165, 1.54) is 19.3 Å². The van der Waals surface area contributed by atoms with Crippen molar-refractivity contribution in [2.24, 2.45) is 4.99 Å². The molecule has 0 unspecified atom stereocenters. The number of hydrogen-bond acceptors (Lipinski definition) is 2. The number of piperidine rings is 1. The first-order valence-corrected chi connectivity index (χ1v) is 8.61. The number of guanidine groups is 1. The van der Waals surface area contributed by atoms with Crippen LogP contribution in [0.25, 0.3) is 0 Å². The lowest BCUT2D eigenvalue weighted by molar-refractivity contribution is 0.0724. The highest BCUT2D eigenvalue weighted by molar-refractivity contribution is 5.94. The van der Waals surface area contributed by atoms with Crippen molar-refractivity contribution in [2.45, 2.75) is 44.7 Å². The molecule has 1 saturated carbocycles. The smallest absolute Gasteiger partial charge is 0.253 e. The van der Waals surface area contributed by atoms with Crippen LogP contribution in [0, 0.1) is 0 Å². The minimum Gasteiger partial charge on any atom is -0.354 e. The van der Waals surface area contributed by atoms with Crippen LogP contribution in [0.15, 0.2) is 29.3 Å². The van der Waals surface area contributed by atoms with Gasteiger partial charge in [-0.15, -0.1) is 0 Å². The molecule has 23 heavy (non-hydrogen) atoms. The molecule has 0 bridgehead atoms. The van der Waals surface area contributed by atoms with E-state index in [1.54, 1.807) is 7.05 Å². The zero-order valence-corrected chi connectivity index (χ0v) is 13.8.